The van der Waals surface area contributed by atoms with E-state index in [2.05, 4.69) is 38.1 Å². The molecule has 0 aliphatic heterocycles. The van der Waals surface area contributed by atoms with E-state index in [0.717, 1.165) is 17.5 Å². The standard InChI is InChI=1S/C16H16Cl2/c1-3-11(2)12-6-4-7-13(10-12)14-8-5-9-15(17)16(14)18/h4-11H,3H2,1-2H3. The zero-order valence-corrected chi connectivity index (χ0v) is 12.1. The van der Waals surface area contributed by atoms with Crippen LogP contribution in [0.3, 0.4) is 0 Å². The quantitative estimate of drug-likeness (QED) is 0.629. The molecule has 0 aliphatic carbocycles. The van der Waals surface area contributed by atoms with Crippen molar-refractivity contribution in [3.05, 3.63) is 58.1 Å². The number of hydrogen-bond donors (Lipinski definition) is 0. The third-order valence-corrected chi connectivity index (χ3v) is 4.15. The molecule has 0 heterocycles. The SMILES string of the molecule is CCC(C)c1cccc(-c2cccc(Cl)c2Cl)c1. The van der Waals surface area contributed by atoms with E-state index in [0.29, 0.717) is 16.0 Å². The minimum Gasteiger partial charge on any atom is -0.0827 e. The molecule has 18 heavy (non-hydrogen) atoms. The first kappa shape index (κ1) is 13.5. The van der Waals surface area contributed by atoms with Crippen LogP contribution in [0.1, 0.15) is 31.7 Å². The zero-order valence-electron chi connectivity index (χ0n) is 10.6. The Bertz CT molecular complexity index is 547. The number of rotatable bonds is 3. The summed E-state index contributed by atoms with van der Waals surface area (Å²) in [5.74, 6) is 0.558. The molecule has 0 fully saturated rings. The number of benzene rings is 2. The smallest absolute Gasteiger partial charge is 0.0670 e. The van der Waals surface area contributed by atoms with Gasteiger partial charge in [-0.2, -0.15) is 0 Å². The minimum absolute atomic E-state index is 0.558. The van der Waals surface area contributed by atoms with Crippen LogP contribution in [-0.2, 0) is 0 Å². The molecule has 0 radical (unpaired) electrons. The van der Waals surface area contributed by atoms with Crippen molar-refractivity contribution in [2.24, 2.45) is 0 Å². The summed E-state index contributed by atoms with van der Waals surface area (Å²) in [7, 11) is 0. The molecule has 0 aliphatic rings. The molecule has 0 aromatic heterocycles. The first-order valence-electron chi connectivity index (χ1n) is 6.17. The van der Waals surface area contributed by atoms with Crippen LogP contribution in [-0.4, -0.2) is 0 Å². The molecule has 0 nitrogen and oxygen atoms in total. The maximum absolute atomic E-state index is 6.26. The third kappa shape index (κ3) is 2.71. The van der Waals surface area contributed by atoms with Gasteiger partial charge < -0.3 is 0 Å². The van der Waals surface area contributed by atoms with E-state index >= 15 is 0 Å². The molecule has 0 saturated heterocycles. The number of halogens is 2. The van der Waals surface area contributed by atoms with Gasteiger partial charge in [-0.1, -0.05) is 73.4 Å². The van der Waals surface area contributed by atoms with E-state index in [9.17, 15) is 0 Å². The average Bonchev–Trinajstić information content (AvgIpc) is 2.41. The molecule has 0 spiro atoms. The van der Waals surface area contributed by atoms with Gasteiger partial charge in [-0.25, -0.2) is 0 Å². The largest absolute Gasteiger partial charge is 0.0827 e. The van der Waals surface area contributed by atoms with Crippen LogP contribution in [0.2, 0.25) is 10.0 Å². The van der Waals surface area contributed by atoms with Gasteiger partial charge in [0.2, 0.25) is 0 Å². The molecule has 2 aromatic carbocycles. The highest BCUT2D eigenvalue weighted by atomic mass is 35.5. The van der Waals surface area contributed by atoms with E-state index in [1.807, 2.05) is 18.2 Å². The van der Waals surface area contributed by atoms with E-state index in [4.69, 9.17) is 23.2 Å². The van der Waals surface area contributed by atoms with Gasteiger partial charge in [-0.05, 0) is 29.5 Å². The highest BCUT2D eigenvalue weighted by Gasteiger charge is 2.09. The monoisotopic (exact) mass is 278 g/mol. The first-order chi connectivity index (χ1) is 8.63. The second-order valence-corrected chi connectivity index (χ2v) is 5.32. The van der Waals surface area contributed by atoms with Crippen LogP contribution in [0.25, 0.3) is 11.1 Å². The summed E-state index contributed by atoms with van der Waals surface area (Å²) >= 11 is 12.3. The summed E-state index contributed by atoms with van der Waals surface area (Å²) in [6, 6.07) is 14.3. The lowest BCUT2D eigenvalue weighted by molar-refractivity contribution is 0.734. The topological polar surface area (TPSA) is 0 Å². The Balaban J connectivity index is 2.48. The highest BCUT2D eigenvalue weighted by Crippen LogP contribution is 2.34. The van der Waals surface area contributed by atoms with Crippen molar-refractivity contribution in [1.82, 2.24) is 0 Å². The summed E-state index contributed by atoms with van der Waals surface area (Å²) in [5, 5.41) is 1.23. The van der Waals surface area contributed by atoms with Gasteiger partial charge in [0.1, 0.15) is 0 Å². The van der Waals surface area contributed by atoms with Crippen molar-refractivity contribution in [3.8, 4) is 11.1 Å². The Hall–Kier alpha value is -0.980. The summed E-state index contributed by atoms with van der Waals surface area (Å²) < 4.78 is 0. The molecule has 0 saturated carbocycles. The molecule has 0 bridgehead atoms. The lowest BCUT2D eigenvalue weighted by Gasteiger charge is -2.12. The van der Waals surface area contributed by atoms with E-state index in [1.54, 1.807) is 0 Å². The van der Waals surface area contributed by atoms with Crippen LogP contribution >= 0.6 is 23.2 Å². The summed E-state index contributed by atoms with van der Waals surface area (Å²) in [4.78, 5) is 0. The maximum Gasteiger partial charge on any atom is 0.0670 e. The van der Waals surface area contributed by atoms with Crippen LogP contribution in [0.5, 0.6) is 0 Å². The molecule has 0 N–H and O–H groups in total. The Morgan fingerprint density at radius 3 is 2.50 bits per heavy atom. The van der Waals surface area contributed by atoms with Gasteiger partial charge in [0.15, 0.2) is 0 Å². The molecule has 0 amide bonds. The normalized spacial score (nSPS) is 12.4. The minimum atomic E-state index is 0.558. The van der Waals surface area contributed by atoms with Crippen LogP contribution in [0, 0.1) is 0 Å². The first-order valence-corrected chi connectivity index (χ1v) is 6.93. The highest BCUT2D eigenvalue weighted by molar-refractivity contribution is 6.43. The molecular weight excluding hydrogens is 263 g/mol. The zero-order chi connectivity index (χ0) is 13.1. The van der Waals surface area contributed by atoms with Crippen LogP contribution in [0.4, 0.5) is 0 Å². The molecule has 2 heteroatoms. The van der Waals surface area contributed by atoms with Crippen molar-refractivity contribution in [3.63, 3.8) is 0 Å². The number of hydrogen-bond acceptors (Lipinski definition) is 0. The van der Waals surface area contributed by atoms with E-state index in [-0.39, 0.29) is 0 Å². The van der Waals surface area contributed by atoms with Gasteiger partial charge in [-0.15, -0.1) is 0 Å². The third-order valence-electron chi connectivity index (χ3n) is 3.33. The van der Waals surface area contributed by atoms with Gasteiger partial charge in [0.05, 0.1) is 10.0 Å². The fourth-order valence-electron chi connectivity index (χ4n) is 1.98. The predicted molar refractivity (Wildman–Crippen MR) is 80.6 cm³/mol. The molecular formula is C16H16Cl2. The van der Waals surface area contributed by atoms with Gasteiger partial charge in [0, 0.05) is 5.56 Å². The Morgan fingerprint density at radius 1 is 1.06 bits per heavy atom. The van der Waals surface area contributed by atoms with Crippen LogP contribution in [0.15, 0.2) is 42.5 Å². The van der Waals surface area contributed by atoms with Crippen molar-refractivity contribution < 1.29 is 0 Å². The van der Waals surface area contributed by atoms with Crippen LogP contribution < -0.4 is 0 Å². The lowest BCUT2D eigenvalue weighted by Crippen LogP contribution is -1.91. The van der Waals surface area contributed by atoms with Crippen molar-refractivity contribution in [2.45, 2.75) is 26.2 Å². The maximum atomic E-state index is 6.26. The van der Waals surface area contributed by atoms with Crippen molar-refractivity contribution in [2.75, 3.05) is 0 Å². The lowest BCUT2D eigenvalue weighted by atomic mass is 9.95. The van der Waals surface area contributed by atoms with Crippen molar-refractivity contribution >= 4 is 23.2 Å². The van der Waals surface area contributed by atoms with Gasteiger partial charge in [-0.3, -0.25) is 0 Å². The predicted octanol–water partition coefficient (Wildman–Crippen LogP) is 6.17. The fraction of sp³-hybridized carbons (Fsp3) is 0.250. The van der Waals surface area contributed by atoms with Crippen molar-refractivity contribution in [1.29, 1.82) is 0 Å². The second kappa shape index (κ2) is 5.77. The molecule has 1 atom stereocenters. The Kier molecular flexibility index (Phi) is 4.31. The average molecular weight is 279 g/mol. The summed E-state index contributed by atoms with van der Waals surface area (Å²) in [5.41, 5.74) is 3.46. The second-order valence-electron chi connectivity index (χ2n) is 4.54. The Labute approximate surface area is 119 Å². The molecule has 2 rings (SSSR count). The van der Waals surface area contributed by atoms with Gasteiger partial charge in [0.25, 0.3) is 0 Å². The van der Waals surface area contributed by atoms with E-state index in [1.165, 1.54) is 5.56 Å². The van der Waals surface area contributed by atoms with Gasteiger partial charge >= 0.3 is 0 Å². The van der Waals surface area contributed by atoms with E-state index < -0.39 is 0 Å². The summed E-state index contributed by atoms with van der Waals surface area (Å²) in [6.45, 7) is 4.43. The summed E-state index contributed by atoms with van der Waals surface area (Å²) in [6.07, 6.45) is 1.13. The molecule has 94 valence electrons. The molecule has 1 unspecified atom stereocenters. The fourth-order valence-corrected chi connectivity index (χ4v) is 2.38. The Morgan fingerprint density at radius 2 is 1.78 bits per heavy atom. The molecule has 2 aromatic rings.